The van der Waals surface area contributed by atoms with Crippen LogP contribution in [-0.2, 0) is 9.59 Å². The van der Waals surface area contributed by atoms with Crippen molar-refractivity contribution < 1.29 is 14.0 Å². The zero-order valence-corrected chi connectivity index (χ0v) is 14.3. The van der Waals surface area contributed by atoms with Gasteiger partial charge in [-0.2, -0.15) is 0 Å². The van der Waals surface area contributed by atoms with E-state index in [0.717, 1.165) is 42.4 Å². The highest BCUT2D eigenvalue weighted by Crippen LogP contribution is 2.42. The molecule has 0 unspecified atom stereocenters. The number of benzene rings is 1. The van der Waals surface area contributed by atoms with Crippen LogP contribution in [0.25, 0.3) is 11.0 Å². The molecule has 0 saturated heterocycles. The summed E-state index contributed by atoms with van der Waals surface area (Å²) in [7, 11) is 0. The minimum absolute atomic E-state index is 0.0260. The largest absolute Gasteiger partial charge is 0.459 e. The Balaban J connectivity index is 1.30. The van der Waals surface area contributed by atoms with E-state index in [2.05, 4.69) is 10.6 Å². The first kappa shape index (κ1) is 16.2. The number of rotatable bonds is 8. The van der Waals surface area contributed by atoms with Gasteiger partial charge < -0.3 is 15.1 Å². The van der Waals surface area contributed by atoms with E-state index in [0.29, 0.717) is 25.3 Å². The number of furan rings is 1. The summed E-state index contributed by atoms with van der Waals surface area (Å²) < 4.78 is 5.95. The van der Waals surface area contributed by atoms with Gasteiger partial charge in [-0.15, -0.1) is 0 Å². The maximum absolute atomic E-state index is 12.3. The summed E-state index contributed by atoms with van der Waals surface area (Å²) in [5.74, 6) is 1.70. The second-order valence-electron chi connectivity index (χ2n) is 7.24. The van der Waals surface area contributed by atoms with Gasteiger partial charge in [0, 0.05) is 24.3 Å². The molecule has 2 amide bonds. The Kier molecular flexibility index (Phi) is 4.47. The van der Waals surface area contributed by atoms with Crippen LogP contribution < -0.4 is 10.6 Å². The molecule has 2 fully saturated rings. The molecule has 4 rings (SSSR count). The lowest BCUT2D eigenvalue weighted by atomic mass is 10.1. The Morgan fingerprint density at radius 2 is 1.96 bits per heavy atom. The van der Waals surface area contributed by atoms with Crippen molar-refractivity contribution in [2.45, 2.75) is 44.6 Å². The van der Waals surface area contributed by atoms with Crippen LogP contribution >= 0.6 is 0 Å². The maximum Gasteiger partial charge on any atom is 0.223 e. The lowest BCUT2D eigenvalue weighted by molar-refractivity contribution is -0.124. The van der Waals surface area contributed by atoms with Crippen molar-refractivity contribution in [3.8, 4) is 0 Å². The summed E-state index contributed by atoms with van der Waals surface area (Å²) in [6.45, 7) is 0.571. The number of hydrogen-bond acceptors (Lipinski definition) is 3. The highest BCUT2D eigenvalue weighted by atomic mass is 16.3. The Hall–Kier alpha value is -2.30. The molecular weight excluding hydrogens is 316 g/mol. The molecule has 1 heterocycles. The van der Waals surface area contributed by atoms with Gasteiger partial charge >= 0.3 is 0 Å². The van der Waals surface area contributed by atoms with Crippen LogP contribution in [0, 0.1) is 11.8 Å². The second kappa shape index (κ2) is 6.90. The first-order chi connectivity index (χ1) is 12.2. The normalized spacial score (nSPS) is 18.1. The molecule has 5 heteroatoms. The van der Waals surface area contributed by atoms with Crippen molar-refractivity contribution in [3.63, 3.8) is 0 Å². The standard InChI is InChI=1S/C20H24N2O3/c23-18(6-3-11-21-20(24)14-9-10-14)22-19(13-7-8-13)17-12-15-4-1-2-5-16(15)25-17/h1-2,4-5,12-14,19H,3,6-11H2,(H,21,24)(H,22,23)/t19-/m1/s1. The number of carbonyl (C=O) groups is 2. The summed E-state index contributed by atoms with van der Waals surface area (Å²) in [5.41, 5.74) is 0.861. The fraction of sp³-hybridized carbons (Fsp3) is 0.500. The molecule has 132 valence electrons. The predicted octanol–water partition coefficient (Wildman–Crippen LogP) is 3.31. The molecule has 0 bridgehead atoms. The van der Waals surface area contributed by atoms with Crippen LogP contribution in [0.5, 0.6) is 0 Å². The van der Waals surface area contributed by atoms with Gasteiger partial charge in [-0.1, -0.05) is 18.2 Å². The van der Waals surface area contributed by atoms with Crippen molar-refractivity contribution in [1.82, 2.24) is 10.6 Å². The quantitative estimate of drug-likeness (QED) is 0.724. The highest BCUT2D eigenvalue weighted by molar-refractivity contribution is 5.81. The van der Waals surface area contributed by atoms with E-state index in [1.807, 2.05) is 30.3 Å². The molecule has 1 aromatic carbocycles. The summed E-state index contributed by atoms with van der Waals surface area (Å²) in [6, 6.07) is 9.91. The Morgan fingerprint density at radius 1 is 1.16 bits per heavy atom. The number of nitrogens with one attached hydrogen (secondary N) is 2. The lowest BCUT2D eigenvalue weighted by Gasteiger charge is -2.16. The molecule has 2 N–H and O–H groups in total. The molecule has 2 aliphatic carbocycles. The van der Waals surface area contributed by atoms with E-state index >= 15 is 0 Å². The van der Waals surface area contributed by atoms with E-state index < -0.39 is 0 Å². The van der Waals surface area contributed by atoms with Crippen molar-refractivity contribution >= 4 is 22.8 Å². The minimum Gasteiger partial charge on any atom is -0.459 e. The van der Waals surface area contributed by atoms with E-state index in [-0.39, 0.29) is 23.8 Å². The average molecular weight is 340 g/mol. The van der Waals surface area contributed by atoms with Gasteiger partial charge in [-0.05, 0) is 50.2 Å². The summed E-state index contributed by atoms with van der Waals surface area (Å²) in [4.78, 5) is 23.9. The van der Waals surface area contributed by atoms with Crippen molar-refractivity contribution in [1.29, 1.82) is 0 Å². The zero-order valence-electron chi connectivity index (χ0n) is 14.3. The van der Waals surface area contributed by atoms with Gasteiger partial charge in [0.25, 0.3) is 0 Å². The van der Waals surface area contributed by atoms with Crippen LogP contribution in [0.15, 0.2) is 34.7 Å². The van der Waals surface area contributed by atoms with E-state index in [9.17, 15) is 9.59 Å². The molecule has 25 heavy (non-hydrogen) atoms. The van der Waals surface area contributed by atoms with Crippen LogP contribution in [0.1, 0.15) is 50.3 Å². The third kappa shape index (κ3) is 4.03. The monoisotopic (exact) mass is 340 g/mol. The number of fused-ring (bicyclic) bond motifs is 1. The molecule has 1 aromatic heterocycles. The first-order valence-electron chi connectivity index (χ1n) is 9.26. The van der Waals surface area contributed by atoms with Crippen molar-refractivity contribution in [3.05, 3.63) is 36.1 Å². The highest BCUT2D eigenvalue weighted by Gasteiger charge is 2.35. The molecule has 2 aromatic rings. The SMILES string of the molecule is O=C(CCCNC(=O)C1CC1)N[C@@H](c1cc2ccccc2o1)C1CC1. The van der Waals surface area contributed by atoms with Gasteiger partial charge in [0.1, 0.15) is 11.3 Å². The van der Waals surface area contributed by atoms with Gasteiger partial charge in [0.2, 0.25) is 11.8 Å². The molecule has 1 atom stereocenters. The zero-order chi connectivity index (χ0) is 17.2. The molecule has 0 aliphatic heterocycles. The van der Waals surface area contributed by atoms with Gasteiger partial charge in [-0.25, -0.2) is 0 Å². The second-order valence-corrected chi connectivity index (χ2v) is 7.24. The Morgan fingerprint density at radius 3 is 2.68 bits per heavy atom. The molecular formula is C20H24N2O3. The fourth-order valence-electron chi connectivity index (χ4n) is 3.20. The number of hydrogen-bond donors (Lipinski definition) is 2. The predicted molar refractivity (Wildman–Crippen MR) is 94.8 cm³/mol. The molecule has 2 aliphatic rings. The summed E-state index contributed by atoms with van der Waals surface area (Å²) in [6.07, 6.45) is 5.36. The minimum atomic E-state index is -0.0408. The van der Waals surface area contributed by atoms with Gasteiger partial charge in [-0.3, -0.25) is 9.59 Å². The van der Waals surface area contributed by atoms with E-state index in [4.69, 9.17) is 4.42 Å². The van der Waals surface area contributed by atoms with Gasteiger partial charge in [0.15, 0.2) is 0 Å². The first-order valence-corrected chi connectivity index (χ1v) is 9.26. The summed E-state index contributed by atoms with van der Waals surface area (Å²) >= 11 is 0. The molecule has 5 nitrogen and oxygen atoms in total. The lowest BCUT2D eigenvalue weighted by Crippen LogP contribution is -2.31. The Bertz CT molecular complexity index is 741. The number of para-hydroxylation sites is 1. The van der Waals surface area contributed by atoms with Crippen LogP contribution in [0.3, 0.4) is 0 Å². The third-order valence-electron chi connectivity index (χ3n) is 4.99. The molecule has 0 radical (unpaired) electrons. The average Bonchev–Trinajstić information content (AvgIpc) is 3.52. The van der Waals surface area contributed by atoms with Gasteiger partial charge in [0.05, 0.1) is 6.04 Å². The Labute approximate surface area is 147 Å². The van der Waals surface area contributed by atoms with E-state index in [1.165, 1.54) is 0 Å². The molecule has 0 spiro atoms. The van der Waals surface area contributed by atoms with Crippen molar-refractivity contribution in [2.24, 2.45) is 11.8 Å². The fourth-order valence-corrected chi connectivity index (χ4v) is 3.20. The number of carbonyl (C=O) groups excluding carboxylic acids is 2. The smallest absolute Gasteiger partial charge is 0.223 e. The van der Waals surface area contributed by atoms with Crippen LogP contribution in [0.4, 0.5) is 0 Å². The van der Waals surface area contributed by atoms with E-state index in [1.54, 1.807) is 0 Å². The third-order valence-corrected chi connectivity index (χ3v) is 4.99. The summed E-state index contributed by atoms with van der Waals surface area (Å²) in [5, 5.41) is 7.10. The maximum atomic E-state index is 12.3. The van der Waals surface area contributed by atoms with Crippen LogP contribution in [-0.4, -0.2) is 18.4 Å². The topological polar surface area (TPSA) is 71.3 Å². The number of amides is 2. The van der Waals surface area contributed by atoms with Crippen LogP contribution in [0.2, 0.25) is 0 Å². The van der Waals surface area contributed by atoms with Crippen molar-refractivity contribution in [2.75, 3.05) is 6.54 Å². The molecule has 2 saturated carbocycles.